The van der Waals surface area contributed by atoms with Crippen LogP contribution in [0.25, 0.3) is 6.08 Å². The first-order valence-corrected chi connectivity index (χ1v) is 5.46. The van der Waals surface area contributed by atoms with Gasteiger partial charge in [-0.05, 0) is 30.7 Å². The number of aromatic nitrogens is 1. The molecule has 2 heteroatoms. The Labute approximate surface area is 101 Å². The summed E-state index contributed by atoms with van der Waals surface area (Å²) in [7, 11) is 0. The summed E-state index contributed by atoms with van der Waals surface area (Å²) >= 11 is 0. The number of pyridine rings is 1. The van der Waals surface area contributed by atoms with Crippen LogP contribution >= 0.6 is 0 Å². The number of carbonyl (C=O) groups excluding carboxylic acids is 1. The van der Waals surface area contributed by atoms with E-state index >= 15 is 0 Å². The molecule has 0 aliphatic heterocycles. The number of hydrogen-bond donors (Lipinski definition) is 0. The standard InChI is InChI=1S/C15H13NO/c1-12-7-9-14(11-16-12)15(17)10-8-13-5-3-2-4-6-13/h2-11H,1H3. The van der Waals surface area contributed by atoms with Gasteiger partial charge in [0.15, 0.2) is 5.78 Å². The molecule has 2 nitrogen and oxygen atoms in total. The molecule has 0 aliphatic rings. The van der Waals surface area contributed by atoms with Crippen LogP contribution < -0.4 is 0 Å². The molecule has 1 heterocycles. The van der Waals surface area contributed by atoms with Gasteiger partial charge in [0.1, 0.15) is 0 Å². The van der Waals surface area contributed by atoms with Crippen LogP contribution in [0, 0.1) is 6.92 Å². The Hall–Kier alpha value is -2.22. The highest BCUT2D eigenvalue weighted by Crippen LogP contribution is 2.05. The van der Waals surface area contributed by atoms with E-state index in [0.717, 1.165) is 11.3 Å². The van der Waals surface area contributed by atoms with Crippen LogP contribution in [-0.4, -0.2) is 10.8 Å². The van der Waals surface area contributed by atoms with Gasteiger partial charge in [-0.1, -0.05) is 36.4 Å². The fourth-order valence-electron chi connectivity index (χ4n) is 1.45. The van der Waals surface area contributed by atoms with Crippen LogP contribution in [-0.2, 0) is 0 Å². The molecule has 0 N–H and O–H groups in total. The van der Waals surface area contributed by atoms with Crippen molar-refractivity contribution >= 4 is 11.9 Å². The minimum Gasteiger partial charge on any atom is -0.289 e. The lowest BCUT2D eigenvalue weighted by molar-refractivity contribution is 0.104. The van der Waals surface area contributed by atoms with E-state index in [1.165, 1.54) is 0 Å². The predicted molar refractivity (Wildman–Crippen MR) is 68.8 cm³/mol. The van der Waals surface area contributed by atoms with Gasteiger partial charge in [-0.3, -0.25) is 9.78 Å². The van der Waals surface area contributed by atoms with Crippen molar-refractivity contribution in [3.8, 4) is 0 Å². The van der Waals surface area contributed by atoms with E-state index in [0.29, 0.717) is 5.56 Å². The number of aryl methyl sites for hydroxylation is 1. The summed E-state index contributed by atoms with van der Waals surface area (Å²) in [6.45, 7) is 1.90. The Morgan fingerprint density at radius 3 is 2.53 bits per heavy atom. The summed E-state index contributed by atoms with van der Waals surface area (Å²) in [5.41, 5.74) is 2.54. The number of carbonyl (C=O) groups is 1. The first-order valence-electron chi connectivity index (χ1n) is 5.46. The van der Waals surface area contributed by atoms with Crippen LogP contribution in [0.1, 0.15) is 21.6 Å². The van der Waals surface area contributed by atoms with E-state index in [1.54, 1.807) is 18.3 Å². The van der Waals surface area contributed by atoms with Gasteiger partial charge < -0.3 is 0 Å². The van der Waals surface area contributed by atoms with E-state index < -0.39 is 0 Å². The summed E-state index contributed by atoms with van der Waals surface area (Å²) in [6.07, 6.45) is 4.98. The molecule has 1 aromatic heterocycles. The van der Waals surface area contributed by atoms with Crippen molar-refractivity contribution in [2.45, 2.75) is 6.92 Å². The van der Waals surface area contributed by atoms with E-state index in [9.17, 15) is 4.79 Å². The highest BCUT2D eigenvalue weighted by molar-refractivity contribution is 6.06. The van der Waals surface area contributed by atoms with E-state index in [4.69, 9.17) is 0 Å². The SMILES string of the molecule is Cc1ccc(C(=O)C=Cc2ccccc2)cn1. The number of hydrogen-bond acceptors (Lipinski definition) is 2. The minimum absolute atomic E-state index is 0.0265. The average molecular weight is 223 g/mol. The Balaban J connectivity index is 2.12. The lowest BCUT2D eigenvalue weighted by Crippen LogP contribution is -1.95. The largest absolute Gasteiger partial charge is 0.289 e. The van der Waals surface area contributed by atoms with Gasteiger partial charge in [0, 0.05) is 17.5 Å². The second-order valence-corrected chi connectivity index (χ2v) is 3.80. The van der Waals surface area contributed by atoms with Gasteiger partial charge in [0.05, 0.1) is 0 Å². The van der Waals surface area contributed by atoms with Crippen molar-refractivity contribution in [3.05, 3.63) is 71.6 Å². The molecular formula is C15H13NO. The van der Waals surface area contributed by atoms with Crippen molar-refractivity contribution in [2.75, 3.05) is 0 Å². The molecule has 17 heavy (non-hydrogen) atoms. The third-order valence-electron chi connectivity index (χ3n) is 2.42. The molecule has 0 amide bonds. The number of rotatable bonds is 3. The molecule has 0 spiro atoms. The second kappa shape index (κ2) is 5.21. The van der Waals surface area contributed by atoms with Crippen molar-refractivity contribution in [2.24, 2.45) is 0 Å². The van der Waals surface area contributed by atoms with Crippen molar-refractivity contribution in [1.82, 2.24) is 4.98 Å². The Morgan fingerprint density at radius 2 is 1.88 bits per heavy atom. The van der Waals surface area contributed by atoms with Gasteiger partial charge >= 0.3 is 0 Å². The van der Waals surface area contributed by atoms with Gasteiger partial charge in [0.25, 0.3) is 0 Å². The zero-order valence-corrected chi connectivity index (χ0v) is 9.63. The average Bonchev–Trinajstić information content (AvgIpc) is 2.38. The van der Waals surface area contributed by atoms with E-state index in [1.807, 2.05) is 49.4 Å². The van der Waals surface area contributed by atoms with Crippen LogP contribution in [0.4, 0.5) is 0 Å². The summed E-state index contributed by atoms with van der Waals surface area (Å²) < 4.78 is 0. The summed E-state index contributed by atoms with van der Waals surface area (Å²) in [5, 5.41) is 0. The molecule has 1 aromatic carbocycles. The fourth-order valence-corrected chi connectivity index (χ4v) is 1.45. The van der Waals surface area contributed by atoms with Crippen molar-refractivity contribution in [3.63, 3.8) is 0 Å². The van der Waals surface area contributed by atoms with Gasteiger partial charge in [-0.15, -0.1) is 0 Å². The Morgan fingerprint density at radius 1 is 1.12 bits per heavy atom. The molecule has 0 radical (unpaired) electrons. The molecular weight excluding hydrogens is 210 g/mol. The van der Waals surface area contributed by atoms with E-state index in [2.05, 4.69) is 4.98 Å². The molecule has 0 bridgehead atoms. The summed E-state index contributed by atoms with van der Waals surface area (Å²) in [4.78, 5) is 15.9. The first-order chi connectivity index (χ1) is 8.25. The quantitative estimate of drug-likeness (QED) is 0.590. The Kier molecular flexibility index (Phi) is 3.46. The number of allylic oxidation sites excluding steroid dienone is 1. The highest BCUT2D eigenvalue weighted by Gasteiger charge is 2.00. The van der Waals surface area contributed by atoms with Gasteiger partial charge in [-0.25, -0.2) is 0 Å². The minimum atomic E-state index is -0.0265. The van der Waals surface area contributed by atoms with Crippen LogP contribution in [0.5, 0.6) is 0 Å². The van der Waals surface area contributed by atoms with Crippen molar-refractivity contribution < 1.29 is 4.79 Å². The molecule has 0 fully saturated rings. The predicted octanol–water partition coefficient (Wildman–Crippen LogP) is 3.29. The third-order valence-corrected chi connectivity index (χ3v) is 2.42. The monoisotopic (exact) mass is 223 g/mol. The third kappa shape index (κ3) is 3.11. The highest BCUT2D eigenvalue weighted by atomic mass is 16.1. The Bertz CT molecular complexity index is 527. The summed E-state index contributed by atoms with van der Waals surface area (Å²) in [5.74, 6) is -0.0265. The lowest BCUT2D eigenvalue weighted by atomic mass is 10.1. The first kappa shape index (κ1) is 11.3. The van der Waals surface area contributed by atoms with Crippen LogP contribution in [0.15, 0.2) is 54.7 Å². The molecule has 0 atom stereocenters. The van der Waals surface area contributed by atoms with E-state index in [-0.39, 0.29) is 5.78 Å². The smallest absolute Gasteiger partial charge is 0.187 e. The molecule has 84 valence electrons. The maximum absolute atomic E-state index is 11.8. The molecule has 2 rings (SSSR count). The molecule has 0 saturated heterocycles. The zero-order chi connectivity index (χ0) is 12.1. The van der Waals surface area contributed by atoms with Gasteiger partial charge in [-0.2, -0.15) is 0 Å². The molecule has 2 aromatic rings. The maximum atomic E-state index is 11.8. The maximum Gasteiger partial charge on any atom is 0.187 e. The van der Waals surface area contributed by atoms with Gasteiger partial charge in [0.2, 0.25) is 0 Å². The molecule has 0 saturated carbocycles. The molecule has 0 aliphatic carbocycles. The lowest BCUT2D eigenvalue weighted by Gasteiger charge is -1.96. The van der Waals surface area contributed by atoms with Crippen LogP contribution in [0.2, 0.25) is 0 Å². The second-order valence-electron chi connectivity index (χ2n) is 3.80. The van der Waals surface area contributed by atoms with Crippen LogP contribution in [0.3, 0.4) is 0 Å². The topological polar surface area (TPSA) is 30.0 Å². The number of nitrogens with zero attached hydrogens (tertiary/aromatic N) is 1. The molecule has 0 unspecified atom stereocenters. The zero-order valence-electron chi connectivity index (χ0n) is 9.63. The number of ketones is 1. The number of benzene rings is 1. The fraction of sp³-hybridized carbons (Fsp3) is 0.0667. The summed E-state index contributed by atoms with van der Waals surface area (Å²) in [6, 6.07) is 13.4. The normalized spacial score (nSPS) is 10.6. The van der Waals surface area contributed by atoms with Crippen molar-refractivity contribution in [1.29, 1.82) is 0 Å².